The van der Waals surface area contributed by atoms with Crippen LogP contribution in [0.1, 0.15) is 31.4 Å². The third-order valence-corrected chi connectivity index (χ3v) is 4.37. The normalized spacial score (nSPS) is 20.4. The fraction of sp³-hybridized carbons (Fsp3) is 0.588. The molecule has 0 aromatic heterocycles. The molecule has 1 heterocycles. The van der Waals surface area contributed by atoms with Gasteiger partial charge in [-0.1, -0.05) is 12.1 Å². The Kier molecular flexibility index (Phi) is 5.76. The van der Waals surface area contributed by atoms with E-state index in [2.05, 4.69) is 24.0 Å². The summed E-state index contributed by atoms with van der Waals surface area (Å²) < 4.78 is 10.2. The van der Waals surface area contributed by atoms with Gasteiger partial charge in [-0.05, 0) is 37.6 Å². The summed E-state index contributed by atoms with van der Waals surface area (Å²) in [4.78, 5) is 14.5. The van der Waals surface area contributed by atoms with Crippen LogP contribution in [0.2, 0.25) is 0 Å². The largest absolute Gasteiger partial charge is 0.497 e. The molecule has 0 bridgehead atoms. The molecular formula is C17H25NO3. The minimum atomic E-state index is 0.167. The smallest absolute Gasteiger partial charge is 0.139 e. The minimum Gasteiger partial charge on any atom is -0.497 e. The molecule has 2 atom stereocenters. The van der Waals surface area contributed by atoms with Crippen molar-refractivity contribution < 1.29 is 14.3 Å². The van der Waals surface area contributed by atoms with Gasteiger partial charge < -0.3 is 9.47 Å². The predicted molar refractivity (Wildman–Crippen MR) is 82.6 cm³/mol. The van der Waals surface area contributed by atoms with Crippen molar-refractivity contribution >= 4 is 5.78 Å². The van der Waals surface area contributed by atoms with Gasteiger partial charge in [-0.15, -0.1) is 0 Å². The van der Waals surface area contributed by atoms with Gasteiger partial charge in [-0.25, -0.2) is 0 Å². The molecule has 1 aliphatic rings. The zero-order chi connectivity index (χ0) is 15.2. The zero-order valence-corrected chi connectivity index (χ0v) is 13.2. The van der Waals surface area contributed by atoms with Crippen LogP contribution >= 0.6 is 0 Å². The number of benzene rings is 1. The van der Waals surface area contributed by atoms with Crippen molar-refractivity contribution in [3.05, 3.63) is 29.8 Å². The molecule has 2 rings (SSSR count). The van der Waals surface area contributed by atoms with Gasteiger partial charge in [0.1, 0.15) is 11.5 Å². The maximum Gasteiger partial charge on any atom is 0.139 e. The van der Waals surface area contributed by atoms with E-state index < -0.39 is 0 Å². The summed E-state index contributed by atoms with van der Waals surface area (Å²) in [5.41, 5.74) is 1.26. The standard InChI is InChI=1S/C17H25NO3/c1-13(14-4-6-16(21-3)7-5-14)18-10-8-15(12-18)17(19)9-11-20-2/h4-7,13,15H,8-12H2,1-3H3/t13-,15-/m1/s1. The van der Waals surface area contributed by atoms with E-state index in [1.165, 1.54) is 5.56 Å². The molecule has 1 aliphatic heterocycles. The van der Waals surface area contributed by atoms with E-state index in [1.54, 1.807) is 14.2 Å². The average molecular weight is 291 g/mol. The minimum absolute atomic E-state index is 0.167. The molecule has 4 nitrogen and oxygen atoms in total. The SMILES string of the molecule is COCCC(=O)[C@@H]1CCN([C@H](C)c2ccc(OC)cc2)C1. The highest BCUT2D eigenvalue weighted by atomic mass is 16.5. The number of likely N-dealkylation sites (tertiary alicyclic amines) is 1. The number of hydrogen-bond donors (Lipinski definition) is 0. The number of rotatable bonds is 7. The molecule has 4 heteroatoms. The third-order valence-electron chi connectivity index (χ3n) is 4.37. The van der Waals surface area contributed by atoms with E-state index >= 15 is 0 Å². The summed E-state index contributed by atoms with van der Waals surface area (Å²) in [5, 5.41) is 0. The van der Waals surface area contributed by atoms with Crippen LogP contribution in [0.3, 0.4) is 0 Å². The van der Waals surface area contributed by atoms with Crippen molar-refractivity contribution in [1.29, 1.82) is 0 Å². The second-order valence-electron chi connectivity index (χ2n) is 5.64. The van der Waals surface area contributed by atoms with Gasteiger partial charge >= 0.3 is 0 Å². The zero-order valence-electron chi connectivity index (χ0n) is 13.2. The highest BCUT2D eigenvalue weighted by Crippen LogP contribution is 2.29. The molecule has 0 unspecified atom stereocenters. The van der Waals surface area contributed by atoms with E-state index in [9.17, 15) is 4.79 Å². The van der Waals surface area contributed by atoms with Crippen molar-refractivity contribution in [2.45, 2.75) is 25.8 Å². The Balaban J connectivity index is 1.92. The lowest BCUT2D eigenvalue weighted by atomic mass is 10.0. The number of carbonyl (C=O) groups is 1. The molecule has 1 aromatic rings. The molecule has 1 saturated heterocycles. The number of nitrogens with zero attached hydrogens (tertiary/aromatic N) is 1. The van der Waals surface area contributed by atoms with Crippen LogP contribution in [-0.2, 0) is 9.53 Å². The van der Waals surface area contributed by atoms with Crippen LogP contribution < -0.4 is 4.74 Å². The van der Waals surface area contributed by atoms with E-state index in [1.807, 2.05) is 12.1 Å². The van der Waals surface area contributed by atoms with E-state index in [-0.39, 0.29) is 5.92 Å². The highest BCUT2D eigenvalue weighted by Gasteiger charge is 2.30. The van der Waals surface area contributed by atoms with Crippen molar-refractivity contribution in [3.63, 3.8) is 0 Å². The Morgan fingerprint density at radius 1 is 1.33 bits per heavy atom. The molecule has 1 aromatic carbocycles. The Morgan fingerprint density at radius 3 is 2.67 bits per heavy atom. The van der Waals surface area contributed by atoms with Crippen LogP contribution in [0.4, 0.5) is 0 Å². The lowest BCUT2D eigenvalue weighted by Crippen LogP contribution is -2.26. The van der Waals surface area contributed by atoms with E-state index in [4.69, 9.17) is 9.47 Å². The van der Waals surface area contributed by atoms with Gasteiger partial charge in [0.25, 0.3) is 0 Å². The first-order valence-corrected chi connectivity index (χ1v) is 7.55. The van der Waals surface area contributed by atoms with Crippen LogP contribution in [0.25, 0.3) is 0 Å². The first-order valence-electron chi connectivity index (χ1n) is 7.55. The molecule has 0 amide bonds. The lowest BCUT2D eigenvalue weighted by molar-refractivity contribution is -0.123. The Bertz CT molecular complexity index is 458. The van der Waals surface area contributed by atoms with Crippen LogP contribution in [-0.4, -0.2) is 44.6 Å². The first kappa shape index (κ1) is 16.0. The number of hydrogen-bond acceptors (Lipinski definition) is 4. The van der Waals surface area contributed by atoms with E-state index in [0.717, 1.165) is 25.3 Å². The van der Waals surface area contributed by atoms with Gasteiger partial charge in [0.2, 0.25) is 0 Å². The summed E-state index contributed by atoms with van der Waals surface area (Å²) in [6.45, 7) is 4.57. The number of Topliss-reactive ketones (excluding diaryl/α,β-unsaturated/α-hetero) is 1. The fourth-order valence-electron chi connectivity index (χ4n) is 2.90. The van der Waals surface area contributed by atoms with Crippen LogP contribution in [0.15, 0.2) is 24.3 Å². The molecule has 0 aliphatic carbocycles. The van der Waals surface area contributed by atoms with Crippen LogP contribution in [0.5, 0.6) is 5.75 Å². The van der Waals surface area contributed by atoms with Gasteiger partial charge in [0.05, 0.1) is 13.7 Å². The van der Waals surface area contributed by atoms with Gasteiger partial charge in [0, 0.05) is 32.0 Å². The second-order valence-corrected chi connectivity index (χ2v) is 5.64. The molecule has 0 spiro atoms. The number of ether oxygens (including phenoxy) is 2. The molecular weight excluding hydrogens is 266 g/mol. The monoisotopic (exact) mass is 291 g/mol. The van der Waals surface area contributed by atoms with Gasteiger partial charge in [-0.2, -0.15) is 0 Å². The highest BCUT2D eigenvalue weighted by molar-refractivity contribution is 5.81. The molecule has 1 fully saturated rings. The quantitative estimate of drug-likeness (QED) is 0.774. The summed E-state index contributed by atoms with van der Waals surface area (Å²) in [6, 6.07) is 8.51. The molecule has 21 heavy (non-hydrogen) atoms. The Hall–Kier alpha value is -1.39. The fourth-order valence-corrected chi connectivity index (χ4v) is 2.90. The maximum absolute atomic E-state index is 12.1. The van der Waals surface area contributed by atoms with Crippen molar-refractivity contribution in [2.24, 2.45) is 5.92 Å². The van der Waals surface area contributed by atoms with Crippen LogP contribution in [0, 0.1) is 5.92 Å². The third kappa shape index (κ3) is 4.05. The first-order chi connectivity index (χ1) is 10.2. The summed E-state index contributed by atoms with van der Waals surface area (Å²) in [5.74, 6) is 1.38. The molecule has 0 saturated carbocycles. The molecule has 0 radical (unpaired) electrons. The summed E-state index contributed by atoms with van der Waals surface area (Å²) in [7, 11) is 3.31. The average Bonchev–Trinajstić information content (AvgIpc) is 3.02. The summed E-state index contributed by atoms with van der Waals surface area (Å²) in [6.07, 6.45) is 1.50. The molecule has 116 valence electrons. The maximum atomic E-state index is 12.1. The number of carbonyl (C=O) groups excluding carboxylic acids is 1. The van der Waals surface area contributed by atoms with Gasteiger partial charge in [0.15, 0.2) is 0 Å². The second kappa shape index (κ2) is 7.57. The Morgan fingerprint density at radius 2 is 2.05 bits per heavy atom. The predicted octanol–water partition coefficient (Wildman–Crippen LogP) is 2.68. The van der Waals surface area contributed by atoms with Gasteiger partial charge in [-0.3, -0.25) is 9.69 Å². The summed E-state index contributed by atoms with van der Waals surface area (Å²) >= 11 is 0. The number of methoxy groups -OCH3 is 2. The lowest BCUT2D eigenvalue weighted by Gasteiger charge is -2.24. The van der Waals surface area contributed by atoms with E-state index in [0.29, 0.717) is 24.9 Å². The van der Waals surface area contributed by atoms with Crippen molar-refractivity contribution in [3.8, 4) is 5.75 Å². The topological polar surface area (TPSA) is 38.8 Å². The van der Waals surface area contributed by atoms with Crippen molar-refractivity contribution in [1.82, 2.24) is 4.90 Å². The Labute approximate surface area is 127 Å². The number of ketones is 1. The molecule has 0 N–H and O–H groups in total. The van der Waals surface area contributed by atoms with Crippen molar-refractivity contribution in [2.75, 3.05) is 33.9 Å².